The standard InChI is InChI=1S/C14H20N2O4S/c1-2-20-14(17)11-4-5-13(12(15)10-11)16-6-3-8-21(18,19)9-7-16/h4-5,10H,2-3,6-9,15H2,1H3. The number of carbonyl (C=O) groups is 1. The van der Waals surface area contributed by atoms with Gasteiger partial charge in [0.15, 0.2) is 9.84 Å². The van der Waals surface area contributed by atoms with Crippen molar-refractivity contribution < 1.29 is 17.9 Å². The molecule has 2 N–H and O–H groups in total. The van der Waals surface area contributed by atoms with Gasteiger partial charge in [-0.05, 0) is 31.5 Å². The van der Waals surface area contributed by atoms with Crippen molar-refractivity contribution in [2.45, 2.75) is 13.3 Å². The molecular formula is C14H20N2O4S. The van der Waals surface area contributed by atoms with Gasteiger partial charge >= 0.3 is 5.97 Å². The van der Waals surface area contributed by atoms with E-state index in [1.807, 2.05) is 4.90 Å². The highest BCUT2D eigenvalue weighted by atomic mass is 32.2. The van der Waals surface area contributed by atoms with Gasteiger partial charge in [0.2, 0.25) is 0 Å². The fraction of sp³-hybridized carbons (Fsp3) is 0.500. The molecule has 1 aromatic carbocycles. The van der Waals surface area contributed by atoms with Crippen molar-refractivity contribution in [2.75, 3.05) is 41.8 Å². The molecule has 0 saturated carbocycles. The van der Waals surface area contributed by atoms with E-state index in [1.165, 1.54) is 0 Å². The molecule has 0 radical (unpaired) electrons. The Morgan fingerprint density at radius 1 is 1.33 bits per heavy atom. The predicted octanol–water partition coefficient (Wildman–Crippen LogP) is 1.07. The average Bonchev–Trinajstić information content (AvgIpc) is 2.60. The number of hydrogen-bond acceptors (Lipinski definition) is 6. The summed E-state index contributed by atoms with van der Waals surface area (Å²) in [5.74, 6) is -0.0645. The van der Waals surface area contributed by atoms with E-state index in [-0.39, 0.29) is 11.5 Å². The molecule has 0 bridgehead atoms. The Labute approximate surface area is 124 Å². The highest BCUT2D eigenvalue weighted by Crippen LogP contribution is 2.26. The first-order valence-corrected chi connectivity index (χ1v) is 8.77. The monoisotopic (exact) mass is 312 g/mol. The van der Waals surface area contributed by atoms with Gasteiger partial charge in [-0.2, -0.15) is 0 Å². The second-order valence-corrected chi connectivity index (χ2v) is 7.29. The summed E-state index contributed by atoms with van der Waals surface area (Å²) in [7, 11) is -2.96. The molecule has 0 spiro atoms. The maximum absolute atomic E-state index is 11.7. The van der Waals surface area contributed by atoms with Crippen LogP contribution in [0.3, 0.4) is 0 Å². The molecule has 1 saturated heterocycles. The third kappa shape index (κ3) is 3.87. The van der Waals surface area contributed by atoms with Crippen LogP contribution in [0.5, 0.6) is 0 Å². The van der Waals surface area contributed by atoms with Crippen LogP contribution in [0.1, 0.15) is 23.7 Å². The smallest absolute Gasteiger partial charge is 0.338 e. The summed E-state index contributed by atoms with van der Waals surface area (Å²) >= 11 is 0. The van der Waals surface area contributed by atoms with E-state index in [4.69, 9.17) is 10.5 Å². The Morgan fingerprint density at radius 3 is 2.76 bits per heavy atom. The van der Waals surface area contributed by atoms with Crippen LogP contribution >= 0.6 is 0 Å². The highest BCUT2D eigenvalue weighted by Gasteiger charge is 2.21. The van der Waals surface area contributed by atoms with E-state index in [0.29, 0.717) is 37.4 Å². The van der Waals surface area contributed by atoms with Crippen molar-refractivity contribution in [3.05, 3.63) is 23.8 Å². The Bertz CT molecular complexity index is 628. The molecule has 6 nitrogen and oxygen atoms in total. The molecule has 1 aromatic rings. The molecule has 0 aliphatic carbocycles. The van der Waals surface area contributed by atoms with Gasteiger partial charge in [-0.15, -0.1) is 0 Å². The lowest BCUT2D eigenvalue weighted by Gasteiger charge is -2.24. The zero-order valence-corrected chi connectivity index (χ0v) is 12.9. The van der Waals surface area contributed by atoms with Crippen LogP contribution in [-0.2, 0) is 14.6 Å². The van der Waals surface area contributed by atoms with Gasteiger partial charge < -0.3 is 15.4 Å². The number of nitrogen functional groups attached to an aromatic ring is 1. The number of sulfone groups is 1. The van der Waals surface area contributed by atoms with Crippen LogP contribution in [0.25, 0.3) is 0 Å². The number of rotatable bonds is 3. The lowest BCUT2D eigenvalue weighted by molar-refractivity contribution is 0.0526. The van der Waals surface area contributed by atoms with Crippen LogP contribution in [0.2, 0.25) is 0 Å². The Hall–Kier alpha value is -1.76. The van der Waals surface area contributed by atoms with Gasteiger partial charge in [-0.25, -0.2) is 13.2 Å². The molecule has 0 amide bonds. The van der Waals surface area contributed by atoms with Crippen LogP contribution in [-0.4, -0.2) is 45.6 Å². The number of nitrogens with zero attached hydrogens (tertiary/aromatic N) is 1. The summed E-state index contributed by atoms with van der Waals surface area (Å²) in [6.45, 7) is 3.12. The number of ether oxygens (including phenoxy) is 1. The highest BCUT2D eigenvalue weighted by molar-refractivity contribution is 7.91. The maximum atomic E-state index is 11.7. The summed E-state index contributed by atoms with van der Waals surface area (Å²) in [5.41, 5.74) is 7.63. The molecule has 7 heteroatoms. The van der Waals surface area contributed by atoms with Crippen LogP contribution in [0.4, 0.5) is 11.4 Å². The van der Waals surface area contributed by atoms with Crippen molar-refractivity contribution in [1.82, 2.24) is 0 Å². The molecule has 1 fully saturated rings. The molecule has 116 valence electrons. The van der Waals surface area contributed by atoms with Crippen LogP contribution in [0, 0.1) is 0 Å². The first-order valence-electron chi connectivity index (χ1n) is 6.95. The van der Waals surface area contributed by atoms with Crippen LogP contribution in [0.15, 0.2) is 18.2 Å². The summed E-state index contributed by atoms with van der Waals surface area (Å²) < 4.78 is 28.2. The van der Waals surface area contributed by atoms with E-state index < -0.39 is 15.8 Å². The van der Waals surface area contributed by atoms with Crippen molar-refractivity contribution in [2.24, 2.45) is 0 Å². The minimum atomic E-state index is -2.96. The second-order valence-electron chi connectivity index (χ2n) is 4.99. The molecule has 1 aliphatic rings. The zero-order chi connectivity index (χ0) is 15.5. The van der Waals surface area contributed by atoms with E-state index >= 15 is 0 Å². The topological polar surface area (TPSA) is 89.7 Å². The van der Waals surface area contributed by atoms with Gasteiger partial charge in [0.1, 0.15) is 0 Å². The maximum Gasteiger partial charge on any atom is 0.338 e. The second kappa shape index (κ2) is 6.34. The first kappa shape index (κ1) is 15.6. The zero-order valence-electron chi connectivity index (χ0n) is 12.0. The number of anilines is 2. The molecule has 0 atom stereocenters. The summed E-state index contributed by atoms with van der Waals surface area (Å²) in [6.07, 6.45) is 0.585. The van der Waals surface area contributed by atoms with E-state index in [0.717, 1.165) is 5.69 Å². The van der Waals surface area contributed by atoms with Gasteiger partial charge in [-0.3, -0.25) is 0 Å². The normalized spacial score (nSPS) is 18.0. The van der Waals surface area contributed by atoms with Crippen molar-refractivity contribution >= 4 is 27.2 Å². The van der Waals surface area contributed by atoms with E-state index in [1.54, 1.807) is 25.1 Å². The summed E-state index contributed by atoms with van der Waals surface area (Å²) in [6, 6.07) is 4.98. The summed E-state index contributed by atoms with van der Waals surface area (Å²) in [4.78, 5) is 13.6. The number of nitrogens with two attached hydrogens (primary N) is 1. The van der Waals surface area contributed by atoms with Gasteiger partial charge in [0, 0.05) is 13.1 Å². The molecular weight excluding hydrogens is 292 g/mol. The molecule has 1 heterocycles. The number of benzene rings is 1. The number of esters is 1. The quantitative estimate of drug-likeness (QED) is 0.663. The van der Waals surface area contributed by atoms with E-state index in [2.05, 4.69) is 0 Å². The minimum absolute atomic E-state index is 0.131. The van der Waals surface area contributed by atoms with Gasteiger partial charge in [0.25, 0.3) is 0 Å². The molecule has 2 rings (SSSR count). The Kier molecular flexibility index (Phi) is 4.72. The molecule has 0 aromatic heterocycles. The Morgan fingerprint density at radius 2 is 2.10 bits per heavy atom. The molecule has 1 aliphatic heterocycles. The lowest BCUT2D eigenvalue weighted by atomic mass is 10.1. The SMILES string of the molecule is CCOC(=O)c1ccc(N2CCCS(=O)(=O)CC2)c(N)c1. The Balaban J connectivity index is 2.19. The van der Waals surface area contributed by atoms with Crippen molar-refractivity contribution in [1.29, 1.82) is 0 Å². The third-order valence-corrected chi connectivity index (χ3v) is 5.15. The first-order chi connectivity index (χ1) is 9.93. The van der Waals surface area contributed by atoms with Gasteiger partial charge in [0.05, 0.1) is 35.1 Å². The third-order valence-electron chi connectivity index (χ3n) is 3.43. The number of hydrogen-bond donors (Lipinski definition) is 1. The van der Waals surface area contributed by atoms with Crippen molar-refractivity contribution in [3.8, 4) is 0 Å². The molecule has 0 unspecified atom stereocenters. The fourth-order valence-corrected chi connectivity index (χ4v) is 3.63. The van der Waals surface area contributed by atoms with E-state index in [9.17, 15) is 13.2 Å². The van der Waals surface area contributed by atoms with Crippen molar-refractivity contribution in [3.63, 3.8) is 0 Å². The average molecular weight is 312 g/mol. The predicted molar refractivity (Wildman–Crippen MR) is 82.3 cm³/mol. The minimum Gasteiger partial charge on any atom is -0.462 e. The largest absolute Gasteiger partial charge is 0.462 e. The summed E-state index contributed by atoms with van der Waals surface area (Å²) in [5, 5.41) is 0. The molecule has 21 heavy (non-hydrogen) atoms. The number of carbonyl (C=O) groups excluding carboxylic acids is 1. The van der Waals surface area contributed by atoms with Gasteiger partial charge in [-0.1, -0.05) is 0 Å². The fourth-order valence-electron chi connectivity index (χ4n) is 2.36. The van der Waals surface area contributed by atoms with Crippen LogP contribution < -0.4 is 10.6 Å². The lowest BCUT2D eigenvalue weighted by Crippen LogP contribution is -2.27.